The molecule has 5 unspecified atom stereocenters. The predicted octanol–water partition coefficient (Wildman–Crippen LogP) is 1.15. The van der Waals surface area contributed by atoms with Gasteiger partial charge in [0.25, 0.3) is 5.91 Å². The zero-order valence-electron chi connectivity index (χ0n) is 18.9. The molecule has 3 heterocycles. The molecule has 1 aromatic heterocycles. The lowest BCUT2D eigenvalue weighted by Crippen LogP contribution is -2.63. The molecule has 0 radical (unpaired) electrons. The fraction of sp³-hybridized carbons (Fsp3) is 0.571. The maximum atomic E-state index is 12.9. The second kappa shape index (κ2) is 11.3. The molecule has 1 amide bonds. The number of hydrogen-bond acceptors (Lipinski definition) is 11. The number of hydrogen-bond donors (Lipinski definition) is 1. The molecule has 3 rings (SSSR count). The molecule has 0 spiro atoms. The van der Waals surface area contributed by atoms with Crippen LogP contribution in [0.4, 0.5) is 0 Å². The van der Waals surface area contributed by atoms with Gasteiger partial charge < -0.3 is 29.6 Å². The average Bonchev–Trinajstić information content (AvgIpc) is 2.69. The van der Waals surface area contributed by atoms with Crippen LogP contribution < -0.4 is 5.73 Å². The Morgan fingerprint density at radius 1 is 1.15 bits per heavy atom. The van der Waals surface area contributed by atoms with Crippen LogP contribution in [0.15, 0.2) is 17.2 Å². The Kier molecular flexibility index (Phi) is 8.74. The summed E-state index contributed by atoms with van der Waals surface area (Å²) >= 11 is 7.19. The van der Waals surface area contributed by atoms with E-state index in [-0.39, 0.29) is 18.2 Å². The zero-order valence-corrected chi connectivity index (χ0v) is 20.5. The summed E-state index contributed by atoms with van der Waals surface area (Å²) < 4.78 is 21.9. The summed E-state index contributed by atoms with van der Waals surface area (Å²) in [7, 11) is 0. The molecule has 1 aromatic rings. The van der Waals surface area contributed by atoms with Gasteiger partial charge in [0, 0.05) is 45.0 Å². The minimum absolute atomic E-state index is 0.173. The normalized spacial score (nSPS) is 26.3. The summed E-state index contributed by atoms with van der Waals surface area (Å²) in [5.41, 5.74) is 5.59. The Morgan fingerprint density at radius 2 is 1.79 bits per heavy atom. The summed E-state index contributed by atoms with van der Waals surface area (Å²) in [6.07, 6.45) is -0.791. The summed E-state index contributed by atoms with van der Waals surface area (Å²) in [6, 6.07) is 0.548. The number of carbonyl (C=O) groups excluding carboxylic acids is 4. The van der Waals surface area contributed by atoms with E-state index in [9.17, 15) is 19.2 Å². The molecule has 0 aliphatic carbocycles. The highest BCUT2D eigenvalue weighted by atomic mass is 35.5. The number of aromatic nitrogens is 1. The molecular formula is C21H26ClN3O8S. The van der Waals surface area contributed by atoms with E-state index in [0.29, 0.717) is 23.0 Å². The summed E-state index contributed by atoms with van der Waals surface area (Å²) in [6.45, 7) is 4.63. The predicted molar refractivity (Wildman–Crippen MR) is 120 cm³/mol. The fourth-order valence-corrected chi connectivity index (χ4v) is 5.00. The lowest BCUT2D eigenvalue weighted by atomic mass is 9.97. The van der Waals surface area contributed by atoms with E-state index in [0.717, 1.165) is 18.2 Å². The minimum Gasteiger partial charge on any atom is -0.463 e. The molecule has 34 heavy (non-hydrogen) atoms. The van der Waals surface area contributed by atoms with E-state index >= 15 is 0 Å². The number of nitrogens with zero attached hydrogens (tertiary/aromatic N) is 2. The first-order chi connectivity index (χ1) is 16.1. The van der Waals surface area contributed by atoms with Gasteiger partial charge in [0.15, 0.2) is 6.10 Å². The van der Waals surface area contributed by atoms with Crippen LogP contribution in [0.25, 0.3) is 0 Å². The van der Waals surface area contributed by atoms with Crippen molar-refractivity contribution in [3.05, 3.63) is 23.0 Å². The number of nitrogens with two attached hydrogens (primary N) is 1. The van der Waals surface area contributed by atoms with Crippen molar-refractivity contribution in [2.75, 3.05) is 19.7 Å². The highest BCUT2D eigenvalue weighted by molar-refractivity contribution is 8.00. The third kappa shape index (κ3) is 6.38. The molecular weight excluding hydrogens is 490 g/mol. The molecule has 186 valence electrons. The minimum atomic E-state index is -1.06. The van der Waals surface area contributed by atoms with Gasteiger partial charge in [0.1, 0.15) is 29.9 Å². The van der Waals surface area contributed by atoms with Crippen molar-refractivity contribution in [2.24, 2.45) is 5.73 Å². The Hall–Kier alpha value is -2.41. The summed E-state index contributed by atoms with van der Waals surface area (Å²) in [4.78, 5) is 54.0. The maximum absolute atomic E-state index is 12.9. The van der Waals surface area contributed by atoms with Crippen LogP contribution in [0.5, 0.6) is 0 Å². The van der Waals surface area contributed by atoms with Gasteiger partial charge in [-0.25, -0.2) is 4.98 Å². The number of ether oxygens (including phenoxy) is 4. The van der Waals surface area contributed by atoms with Crippen molar-refractivity contribution >= 4 is 47.2 Å². The van der Waals surface area contributed by atoms with E-state index in [2.05, 4.69) is 4.98 Å². The average molecular weight is 516 g/mol. The highest BCUT2D eigenvalue weighted by Crippen LogP contribution is 2.38. The van der Waals surface area contributed by atoms with Crippen LogP contribution in [-0.4, -0.2) is 83.2 Å². The Balaban J connectivity index is 1.93. The number of pyridine rings is 1. The van der Waals surface area contributed by atoms with Crippen LogP contribution in [0.3, 0.4) is 0 Å². The zero-order chi connectivity index (χ0) is 25.0. The second-order valence-corrected chi connectivity index (χ2v) is 9.41. The summed E-state index contributed by atoms with van der Waals surface area (Å²) in [5.74, 6) is -2.09. The third-order valence-corrected chi connectivity index (χ3v) is 6.55. The van der Waals surface area contributed by atoms with Crippen LogP contribution in [0, 0.1) is 0 Å². The van der Waals surface area contributed by atoms with E-state index < -0.39 is 47.7 Å². The molecule has 5 atom stereocenters. The molecule has 2 N–H and O–H groups in total. The van der Waals surface area contributed by atoms with Gasteiger partial charge in [0.2, 0.25) is 0 Å². The van der Waals surface area contributed by atoms with Crippen molar-refractivity contribution in [3.63, 3.8) is 0 Å². The van der Waals surface area contributed by atoms with E-state index in [4.69, 9.17) is 36.3 Å². The SMILES string of the molecule is CC(=O)OCC1OC(Sc2cc(Cl)cnc2C(=O)N2CCC2)C(OC(C)=O)C(N)C1OC(C)=O. The Morgan fingerprint density at radius 3 is 2.35 bits per heavy atom. The molecule has 11 nitrogen and oxygen atoms in total. The second-order valence-electron chi connectivity index (χ2n) is 7.83. The number of rotatable bonds is 7. The van der Waals surface area contributed by atoms with Crippen LogP contribution >= 0.6 is 23.4 Å². The maximum Gasteiger partial charge on any atom is 0.303 e. The molecule has 0 aromatic carbocycles. The molecule has 0 saturated carbocycles. The van der Waals surface area contributed by atoms with Gasteiger partial charge in [-0.3, -0.25) is 19.2 Å². The van der Waals surface area contributed by atoms with Gasteiger partial charge in [-0.2, -0.15) is 0 Å². The van der Waals surface area contributed by atoms with Crippen molar-refractivity contribution in [2.45, 2.75) is 61.9 Å². The topological polar surface area (TPSA) is 147 Å². The first-order valence-electron chi connectivity index (χ1n) is 10.6. The summed E-state index contributed by atoms with van der Waals surface area (Å²) in [5, 5.41) is 0.293. The largest absolute Gasteiger partial charge is 0.463 e. The van der Waals surface area contributed by atoms with Crippen molar-refractivity contribution in [1.82, 2.24) is 9.88 Å². The van der Waals surface area contributed by atoms with Gasteiger partial charge >= 0.3 is 17.9 Å². The third-order valence-electron chi connectivity index (χ3n) is 5.17. The first kappa shape index (κ1) is 26.2. The number of esters is 3. The lowest BCUT2D eigenvalue weighted by molar-refractivity contribution is -0.201. The van der Waals surface area contributed by atoms with E-state index in [1.165, 1.54) is 27.0 Å². The van der Waals surface area contributed by atoms with Crippen LogP contribution in [-0.2, 0) is 33.3 Å². The van der Waals surface area contributed by atoms with Crippen LogP contribution in [0.2, 0.25) is 5.02 Å². The van der Waals surface area contributed by atoms with Crippen molar-refractivity contribution < 1.29 is 38.1 Å². The highest BCUT2D eigenvalue weighted by Gasteiger charge is 2.49. The monoisotopic (exact) mass is 515 g/mol. The number of halogens is 1. The first-order valence-corrected chi connectivity index (χ1v) is 11.8. The molecule has 13 heteroatoms. The lowest BCUT2D eigenvalue weighted by Gasteiger charge is -2.43. The van der Waals surface area contributed by atoms with Crippen molar-refractivity contribution in [3.8, 4) is 0 Å². The Labute approximate surface area is 205 Å². The molecule has 2 fully saturated rings. The Bertz CT molecular complexity index is 958. The fourth-order valence-electron chi connectivity index (χ4n) is 3.51. The molecule has 2 saturated heterocycles. The van der Waals surface area contributed by atoms with E-state index in [1.54, 1.807) is 11.0 Å². The molecule has 2 aliphatic rings. The number of thioether (sulfide) groups is 1. The van der Waals surface area contributed by atoms with E-state index in [1.807, 2.05) is 0 Å². The van der Waals surface area contributed by atoms with Crippen LogP contribution in [0.1, 0.15) is 37.7 Å². The van der Waals surface area contributed by atoms with Gasteiger partial charge in [-0.05, 0) is 12.5 Å². The standard InChI is InChI=1S/C21H26ClN3O8S/c1-10(26)30-9-14-18(31-11(2)27)16(23)19(32-12(3)28)21(33-14)34-15-7-13(22)8-24-17(15)20(29)25-5-4-6-25/h7-8,14,16,18-19,21H,4-6,9,23H2,1-3H3. The molecule has 0 bridgehead atoms. The van der Waals surface area contributed by atoms with Gasteiger partial charge in [0.05, 0.1) is 11.1 Å². The van der Waals surface area contributed by atoms with Crippen molar-refractivity contribution in [1.29, 1.82) is 0 Å². The number of amides is 1. The quantitative estimate of drug-likeness (QED) is 0.411. The van der Waals surface area contributed by atoms with Gasteiger partial charge in [-0.1, -0.05) is 23.4 Å². The number of likely N-dealkylation sites (tertiary alicyclic amines) is 1. The number of carbonyl (C=O) groups is 4. The molecule has 2 aliphatic heterocycles. The smallest absolute Gasteiger partial charge is 0.303 e. The van der Waals surface area contributed by atoms with Gasteiger partial charge in [-0.15, -0.1) is 0 Å².